The van der Waals surface area contributed by atoms with Gasteiger partial charge in [0.2, 0.25) is 0 Å². The monoisotopic (exact) mass is 218 g/mol. The van der Waals surface area contributed by atoms with Crippen LogP contribution in [0.2, 0.25) is 0 Å². The van der Waals surface area contributed by atoms with Crippen LogP contribution in [-0.4, -0.2) is 23.3 Å². The molecule has 0 atom stereocenters. The van der Waals surface area contributed by atoms with Crippen LogP contribution in [0.5, 0.6) is 11.5 Å². The van der Waals surface area contributed by atoms with Crippen LogP contribution in [0.3, 0.4) is 0 Å². The van der Waals surface area contributed by atoms with E-state index in [1.807, 2.05) is 0 Å². The molecule has 0 unspecified atom stereocenters. The molecule has 0 aliphatic rings. The van der Waals surface area contributed by atoms with Gasteiger partial charge in [-0.15, -0.1) is 0 Å². The number of fused-ring (bicyclic) bond motifs is 1. The van der Waals surface area contributed by atoms with Crippen molar-refractivity contribution in [2.24, 2.45) is 0 Å². The Bertz CT molecular complexity index is 560. The number of methoxy groups -OCH3 is 1. The minimum Gasteiger partial charge on any atom is -0.507 e. The van der Waals surface area contributed by atoms with Gasteiger partial charge in [0.1, 0.15) is 11.5 Å². The van der Waals surface area contributed by atoms with Crippen LogP contribution in [0.4, 0.5) is 0 Å². The zero-order valence-electron chi connectivity index (χ0n) is 8.60. The minimum absolute atomic E-state index is 0.0439. The van der Waals surface area contributed by atoms with E-state index in [2.05, 4.69) is 0 Å². The van der Waals surface area contributed by atoms with E-state index in [9.17, 15) is 9.90 Å². The fourth-order valence-corrected chi connectivity index (χ4v) is 1.58. The molecule has 2 rings (SSSR count). The number of benzene rings is 2. The highest BCUT2D eigenvalue weighted by atomic mass is 16.5. The zero-order chi connectivity index (χ0) is 11.7. The van der Waals surface area contributed by atoms with Crippen molar-refractivity contribution in [3.05, 3.63) is 35.9 Å². The third-order valence-electron chi connectivity index (χ3n) is 2.38. The van der Waals surface area contributed by atoms with Gasteiger partial charge < -0.3 is 14.9 Å². The highest BCUT2D eigenvalue weighted by molar-refractivity contribution is 5.97. The van der Waals surface area contributed by atoms with Crippen molar-refractivity contribution >= 4 is 16.7 Å². The van der Waals surface area contributed by atoms with E-state index in [-0.39, 0.29) is 11.3 Å². The van der Waals surface area contributed by atoms with Crippen LogP contribution in [0.15, 0.2) is 30.3 Å². The number of rotatable bonds is 2. The Morgan fingerprint density at radius 2 is 2.00 bits per heavy atom. The summed E-state index contributed by atoms with van der Waals surface area (Å²) in [5.41, 5.74) is 0.0539. The summed E-state index contributed by atoms with van der Waals surface area (Å²) in [6.45, 7) is 0. The van der Waals surface area contributed by atoms with E-state index in [0.29, 0.717) is 16.5 Å². The van der Waals surface area contributed by atoms with E-state index in [0.717, 1.165) is 0 Å². The van der Waals surface area contributed by atoms with Gasteiger partial charge in [0.25, 0.3) is 0 Å². The normalized spacial score (nSPS) is 10.3. The molecule has 2 aromatic rings. The predicted molar refractivity (Wildman–Crippen MR) is 59.1 cm³/mol. The molecule has 0 amide bonds. The van der Waals surface area contributed by atoms with Crippen molar-refractivity contribution in [1.29, 1.82) is 0 Å². The molecule has 0 fully saturated rings. The summed E-state index contributed by atoms with van der Waals surface area (Å²) in [6, 6.07) is 7.82. The van der Waals surface area contributed by atoms with Crippen LogP contribution in [0.25, 0.3) is 10.8 Å². The Morgan fingerprint density at radius 1 is 1.25 bits per heavy atom. The molecule has 2 N–H and O–H groups in total. The molecule has 16 heavy (non-hydrogen) atoms. The number of hydrogen-bond donors (Lipinski definition) is 2. The maximum Gasteiger partial charge on any atom is 0.335 e. The Kier molecular flexibility index (Phi) is 2.40. The molecule has 0 saturated heterocycles. The second-order valence-corrected chi connectivity index (χ2v) is 3.39. The van der Waals surface area contributed by atoms with Gasteiger partial charge in [-0.1, -0.05) is 0 Å². The third kappa shape index (κ3) is 1.65. The van der Waals surface area contributed by atoms with Crippen LogP contribution >= 0.6 is 0 Å². The number of aromatic carboxylic acids is 1. The number of carboxylic acids is 1. The predicted octanol–water partition coefficient (Wildman–Crippen LogP) is 2.25. The van der Waals surface area contributed by atoms with Crippen LogP contribution in [0.1, 0.15) is 10.4 Å². The first kappa shape index (κ1) is 10.3. The number of ether oxygens (including phenoxy) is 1. The lowest BCUT2D eigenvalue weighted by atomic mass is 10.1. The second kappa shape index (κ2) is 3.73. The molecular weight excluding hydrogens is 208 g/mol. The van der Waals surface area contributed by atoms with Crippen molar-refractivity contribution in [3.8, 4) is 11.5 Å². The molecule has 0 aromatic heterocycles. The summed E-state index contributed by atoms with van der Waals surface area (Å²) in [6.07, 6.45) is 0. The average Bonchev–Trinajstić information content (AvgIpc) is 2.28. The van der Waals surface area contributed by atoms with Gasteiger partial charge >= 0.3 is 5.97 Å². The smallest absolute Gasteiger partial charge is 0.335 e. The number of carbonyl (C=O) groups is 1. The van der Waals surface area contributed by atoms with Crippen molar-refractivity contribution in [2.75, 3.05) is 7.11 Å². The molecule has 0 aliphatic carbocycles. The van der Waals surface area contributed by atoms with E-state index < -0.39 is 5.97 Å². The molecule has 0 spiro atoms. The van der Waals surface area contributed by atoms with Crippen molar-refractivity contribution < 1.29 is 19.7 Å². The summed E-state index contributed by atoms with van der Waals surface area (Å²) in [7, 11) is 1.53. The molecule has 0 heterocycles. The second-order valence-electron chi connectivity index (χ2n) is 3.39. The summed E-state index contributed by atoms with van der Waals surface area (Å²) >= 11 is 0. The number of aromatic hydroxyl groups is 1. The lowest BCUT2D eigenvalue weighted by Crippen LogP contribution is -1.95. The summed E-state index contributed by atoms with van der Waals surface area (Å²) < 4.78 is 5.03. The van der Waals surface area contributed by atoms with Crippen LogP contribution in [-0.2, 0) is 0 Å². The summed E-state index contributed by atoms with van der Waals surface area (Å²) in [5, 5.41) is 19.8. The van der Waals surface area contributed by atoms with E-state index in [4.69, 9.17) is 9.84 Å². The Labute approximate surface area is 91.7 Å². The molecule has 4 heteroatoms. The fourth-order valence-electron chi connectivity index (χ4n) is 1.58. The Morgan fingerprint density at radius 3 is 2.62 bits per heavy atom. The van der Waals surface area contributed by atoms with E-state index in [1.54, 1.807) is 18.2 Å². The molecular formula is C12H10O4. The van der Waals surface area contributed by atoms with Gasteiger partial charge in [0, 0.05) is 5.39 Å². The topological polar surface area (TPSA) is 66.8 Å². The zero-order valence-corrected chi connectivity index (χ0v) is 8.60. The van der Waals surface area contributed by atoms with E-state index >= 15 is 0 Å². The van der Waals surface area contributed by atoms with Gasteiger partial charge in [-0.3, -0.25) is 0 Å². The first-order chi connectivity index (χ1) is 7.61. The van der Waals surface area contributed by atoms with Gasteiger partial charge in [0.15, 0.2) is 0 Å². The van der Waals surface area contributed by atoms with Crippen molar-refractivity contribution in [2.45, 2.75) is 0 Å². The highest BCUT2D eigenvalue weighted by Gasteiger charge is 2.08. The molecule has 82 valence electrons. The fraction of sp³-hybridized carbons (Fsp3) is 0.0833. The van der Waals surface area contributed by atoms with Gasteiger partial charge in [-0.25, -0.2) is 4.79 Å². The number of hydrogen-bond acceptors (Lipinski definition) is 3. The van der Waals surface area contributed by atoms with E-state index in [1.165, 1.54) is 19.2 Å². The average molecular weight is 218 g/mol. The van der Waals surface area contributed by atoms with Gasteiger partial charge in [0.05, 0.1) is 12.7 Å². The summed E-state index contributed by atoms with van der Waals surface area (Å²) in [4.78, 5) is 10.8. The largest absolute Gasteiger partial charge is 0.507 e. The molecule has 2 aromatic carbocycles. The molecule has 0 bridgehead atoms. The van der Waals surface area contributed by atoms with Crippen LogP contribution in [0, 0.1) is 0 Å². The first-order valence-electron chi connectivity index (χ1n) is 4.66. The SMILES string of the molecule is COc1ccc2c(O)cc(C(=O)O)cc2c1. The van der Waals surface area contributed by atoms with Crippen LogP contribution < -0.4 is 4.74 Å². The van der Waals surface area contributed by atoms with Gasteiger partial charge in [-0.05, 0) is 35.7 Å². The Balaban J connectivity index is 2.72. The molecule has 0 aliphatic heterocycles. The first-order valence-corrected chi connectivity index (χ1v) is 4.66. The number of phenols is 1. The minimum atomic E-state index is -1.07. The van der Waals surface area contributed by atoms with Gasteiger partial charge in [-0.2, -0.15) is 0 Å². The quantitative estimate of drug-likeness (QED) is 0.811. The lowest BCUT2D eigenvalue weighted by molar-refractivity contribution is 0.0696. The molecule has 0 saturated carbocycles. The van der Waals surface area contributed by atoms with Crippen molar-refractivity contribution in [3.63, 3.8) is 0 Å². The lowest BCUT2D eigenvalue weighted by Gasteiger charge is -2.05. The summed E-state index contributed by atoms with van der Waals surface area (Å²) in [5.74, 6) is -0.494. The molecule has 0 radical (unpaired) electrons. The standard InChI is InChI=1S/C12H10O4/c1-16-9-2-3-10-7(5-9)4-8(12(14)15)6-11(10)13/h2-6,13H,1H3,(H,14,15). The third-order valence-corrected chi connectivity index (χ3v) is 2.38. The van der Waals surface area contributed by atoms with Crippen molar-refractivity contribution in [1.82, 2.24) is 0 Å². The molecule has 4 nitrogen and oxygen atoms in total. The number of phenolic OH excluding ortho intramolecular Hbond substituents is 1. The maximum atomic E-state index is 10.8. The Hall–Kier alpha value is -2.23. The number of carboxylic acid groups (broad SMARTS) is 1. The maximum absolute atomic E-state index is 10.8. The highest BCUT2D eigenvalue weighted by Crippen LogP contribution is 2.29.